The lowest BCUT2D eigenvalue weighted by Crippen LogP contribution is -2.02. The molecule has 4 aromatic rings. The molecule has 22 heavy (non-hydrogen) atoms. The lowest BCUT2D eigenvalue weighted by Gasteiger charge is -2.06. The van der Waals surface area contributed by atoms with Gasteiger partial charge in [0.15, 0.2) is 0 Å². The van der Waals surface area contributed by atoms with Crippen LogP contribution in [0.25, 0.3) is 31.9 Å². The molecule has 2 aromatic heterocycles. The first-order chi connectivity index (χ1) is 10.8. The van der Waals surface area contributed by atoms with Gasteiger partial charge in [-0.05, 0) is 35.4 Å². The molecule has 0 saturated heterocycles. The molecule has 0 fully saturated rings. The van der Waals surface area contributed by atoms with Crippen LogP contribution in [0.4, 0.5) is 0 Å². The van der Waals surface area contributed by atoms with Crippen LogP contribution in [0.1, 0.15) is 0 Å². The highest BCUT2D eigenvalue weighted by atomic mass is 32.1. The Hall–Kier alpha value is -2.46. The standard InChI is InChI=1S/C18H13BN2S/c19-15-9-13(12-4-3-7-20-11-12)8-14(10-15)18-21-16-5-1-2-6-17(16)22-18/h1-11H,19H2. The van der Waals surface area contributed by atoms with Crippen LogP contribution in [0.2, 0.25) is 0 Å². The Morgan fingerprint density at radius 2 is 1.73 bits per heavy atom. The summed E-state index contributed by atoms with van der Waals surface area (Å²) in [5.41, 5.74) is 5.78. The number of thiazole rings is 1. The van der Waals surface area contributed by atoms with Gasteiger partial charge in [0.25, 0.3) is 0 Å². The van der Waals surface area contributed by atoms with Gasteiger partial charge in [-0.2, -0.15) is 0 Å². The number of pyridine rings is 1. The van der Waals surface area contributed by atoms with Gasteiger partial charge in [0.1, 0.15) is 12.9 Å². The fraction of sp³-hybridized carbons (Fsp3) is 0. The van der Waals surface area contributed by atoms with Gasteiger partial charge in [0, 0.05) is 18.0 Å². The Labute approximate surface area is 133 Å². The Bertz CT molecular complexity index is 915. The highest BCUT2D eigenvalue weighted by Crippen LogP contribution is 2.31. The number of fused-ring (bicyclic) bond motifs is 1. The molecule has 0 amide bonds. The summed E-state index contributed by atoms with van der Waals surface area (Å²) in [5, 5.41) is 1.06. The molecule has 0 atom stereocenters. The van der Waals surface area contributed by atoms with Gasteiger partial charge in [-0.25, -0.2) is 4.98 Å². The molecule has 0 bridgehead atoms. The maximum absolute atomic E-state index is 4.76. The molecule has 2 heterocycles. The molecule has 0 radical (unpaired) electrons. The first kappa shape index (κ1) is 13.2. The Morgan fingerprint density at radius 1 is 0.864 bits per heavy atom. The molecule has 0 aliphatic rings. The lowest BCUT2D eigenvalue weighted by atomic mass is 9.90. The van der Waals surface area contributed by atoms with Crippen molar-refractivity contribution in [2.75, 3.05) is 0 Å². The Morgan fingerprint density at radius 3 is 2.55 bits per heavy atom. The minimum absolute atomic E-state index is 1.06. The van der Waals surface area contributed by atoms with E-state index in [9.17, 15) is 0 Å². The summed E-state index contributed by atoms with van der Waals surface area (Å²) >= 11 is 1.74. The van der Waals surface area contributed by atoms with Gasteiger partial charge in [-0.3, -0.25) is 4.98 Å². The number of aromatic nitrogens is 2. The number of para-hydroxylation sites is 1. The van der Waals surface area contributed by atoms with E-state index in [0.717, 1.165) is 16.1 Å². The van der Waals surface area contributed by atoms with Crippen LogP contribution in [-0.4, -0.2) is 17.8 Å². The van der Waals surface area contributed by atoms with E-state index in [2.05, 4.69) is 55.3 Å². The monoisotopic (exact) mass is 300 g/mol. The highest BCUT2D eigenvalue weighted by Gasteiger charge is 2.08. The minimum atomic E-state index is 1.06. The first-order valence-electron chi connectivity index (χ1n) is 7.18. The van der Waals surface area contributed by atoms with Gasteiger partial charge in [-0.15, -0.1) is 11.3 Å². The number of rotatable bonds is 2. The van der Waals surface area contributed by atoms with E-state index < -0.39 is 0 Å². The summed E-state index contributed by atoms with van der Waals surface area (Å²) < 4.78 is 1.22. The van der Waals surface area contributed by atoms with E-state index in [4.69, 9.17) is 4.98 Å². The van der Waals surface area contributed by atoms with E-state index in [1.54, 1.807) is 17.5 Å². The van der Waals surface area contributed by atoms with Crippen molar-refractivity contribution in [2.24, 2.45) is 0 Å². The summed E-state index contributed by atoms with van der Waals surface area (Å²) in [6.45, 7) is 0. The second-order valence-electron chi connectivity index (χ2n) is 5.32. The molecule has 2 nitrogen and oxygen atoms in total. The zero-order chi connectivity index (χ0) is 14.9. The van der Waals surface area contributed by atoms with Crippen LogP contribution < -0.4 is 5.46 Å². The van der Waals surface area contributed by atoms with Crippen LogP contribution in [0.3, 0.4) is 0 Å². The predicted molar refractivity (Wildman–Crippen MR) is 96.5 cm³/mol. The summed E-state index contributed by atoms with van der Waals surface area (Å²) in [7, 11) is 2.12. The molecule has 0 spiro atoms. The zero-order valence-electron chi connectivity index (χ0n) is 12.2. The van der Waals surface area contributed by atoms with Crippen molar-refractivity contribution in [3.8, 4) is 21.7 Å². The van der Waals surface area contributed by atoms with E-state index in [-0.39, 0.29) is 0 Å². The van der Waals surface area contributed by atoms with Gasteiger partial charge >= 0.3 is 0 Å². The predicted octanol–water partition coefficient (Wildman–Crippen LogP) is 3.28. The zero-order valence-corrected chi connectivity index (χ0v) is 13.0. The van der Waals surface area contributed by atoms with Crippen molar-refractivity contribution < 1.29 is 0 Å². The van der Waals surface area contributed by atoms with Crippen LogP contribution >= 0.6 is 11.3 Å². The molecule has 0 saturated carbocycles. The van der Waals surface area contributed by atoms with Gasteiger partial charge < -0.3 is 0 Å². The third-order valence-electron chi connectivity index (χ3n) is 3.61. The fourth-order valence-corrected chi connectivity index (χ4v) is 3.56. The topological polar surface area (TPSA) is 25.8 Å². The van der Waals surface area contributed by atoms with E-state index in [1.807, 2.05) is 18.3 Å². The number of benzene rings is 2. The van der Waals surface area contributed by atoms with Crippen molar-refractivity contribution in [1.29, 1.82) is 0 Å². The van der Waals surface area contributed by atoms with E-state index in [0.29, 0.717) is 0 Å². The average Bonchev–Trinajstić information content (AvgIpc) is 2.99. The number of nitrogens with zero attached hydrogens (tertiary/aromatic N) is 2. The van der Waals surface area contributed by atoms with Gasteiger partial charge in [0.2, 0.25) is 0 Å². The normalized spacial score (nSPS) is 10.9. The maximum atomic E-state index is 4.76. The summed E-state index contributed by atoms with van der Waals surface area (Å²) in [6.07, 6.45) is 3.70. The summed E-state index contributed by atoms with van der Waals surface area (Å²) in [4.78, 5) is 8.98. The fourth-order valence-electron chi connectivity index (χ4n) is 2.60. The van der Waals surface area contributed by atoms with Crippen molar-refractivity contribution in [2.45, 2.75) is 0 Å². The van der Waals surface area contributed by atoms with Crippen LogP contribution in [0.5, 0.6) is 0 Å². The number of hydrogen-bond donors (Lipinski definition) is 0. The van der Waals surface area contributed by atoms with Gasteiger partial charge in [0.05, 0.1) is 10.2 Å². The van der Waals surface area contributed by atoms with E-state index >= 15 is 0 Å². The summed E-state index contributed by atoms with van der Waals surface area (Å²) in [6, 6.07) is 18.9. The first-order valence-corrected chi connectivity index (χ1v) is 7.99. The summed E-state index contributed by atoms with van der Waals surface area (Å²) in [5.74, 6) is 0. The minimum Gasteiger partial charge on any atom is -0.264 e. The van der Waals surface area contributed by atoms with Gasteiger partial charge in [-0.1, -0.05) is 35.8 Å². The third-order valence-corrected chi connectivity index (χ3v) is 4.70. The molecular formula is C18H13BN2S. The second kappa shape index (κ2) is 5.39. The SMILES string of the molecule is Bc1cc(-c2cccnc2)cc(-c2nc3ccccc3s2)c1. The van der Waals surface area contributed by atoms with Crippen molar-refractivity contribution in [1.82, 2.24) is 9.97 Å². The van der Waals surface area contributed by atoms with E-state index in [1.165, 1.54) is 21.3 Å². The molecular weight excluding hydrogens is 287 g/mol. The Balaban J connectivity index is 1.86. The average molecular weight is 300 g/mol. The molecule has 4 heteroatoms. The lowest BCUT2D eigenvalue weighted by molar-refractivity contribution is 1.33. The van der Waals surface area contributed by atoms with Crippen molar-refractivity contribution in [3.05, 3.63) is 67.0 Å². The van der Waals surface area contributed by atoms with Crippen LogP contribution in [-0.2, 0) is 0 Å². The van der Waals surface area contributed by atoms with Crippen LogP contribution in [0.15, 0.2) is 67.0 Å². The molecule has 0 N–H and O–H groups in total. The largest absolute Gasteiger partial charge is 0.264 e. The quantitative estimate of drug-likeness (QED) is 0.531. The maximum Gasteiger partial charge on any atom is 0.139 e. The van der Waals surface area contributed by atoms with Crippen LogP contribution in [0, 0.1) is 0 Å². The van der Waals surface area contributed by atoms with Crippen molar-refractivity contribution >= 4 is 34.9 Å². The Kier molecular flexibility index (Phi) is 3.24. The molecule has 4 rings (SSSR count). The second-order valence-corrected chi connectivity index (χ2v) is 6.35. The third kappa shape index (κ3) is 2.42. The molecule has 0 aliphatic heterocycles. The molecule has 0 aliphatic carbocycles. The molecule has 2 aromatic carbocycles. The molecule has 0 unspecified atom stereocenters. The highest BCUT2D eigenvalue weighted by molar-refractivity contribution is 7.21. The number of hydrogen-bond acceptors (Lipinski definition) is 3. The smallest absolute Gasteiger partial charge is 0.139 e. The molecule has 104 valence electrons. The van der Waals surface area contributed by atoms with Crippen molar-refractivity contribution in [3.63, 3.8) is 0 Å².